The summed E-state index contributed by atoms with van der Waals surface area (Å²) in [5.41, 5.74) is -0.864. The standard InChI is InChI=1S/C28H47N3O5S/c1-10-12-19(3)29-24(33)23(20-13-15-21(32)16-14-20)31(28(7,8)11-2)25(34)22(17-18-37-9)30-26(35)36-27(4,5)6/h13-16,19,22-23,32H,10-12,17-18H2,1-9H3,(H,29,33)(H,30,35). The van der Waals surface area contributed by atoms with E-state index in [4.69, 9.17) is 4.74 Å². The Balaban J connectivity index is 3.59. The molecule has 210 valence electrons. The Morgan fingerprint density at radius 1 is 1.03 bits per heavy atom. The Hall–Kier alpha value is -2.42. The molecule has 37 heavy (non-hydrogen) atoms. The number of phenolic OH excluding ortho intramolecular Hbond substituents is 1. The average molecular weight is 538 g/mol. The van der Waals surface area contributed by atoms with Crippen LogP contribution >= 0.6 is 11.8 Å². The quantitative estimate of drug-likeness (QED) is 0.311. The summed E-state index contributed by atoms with van der Waals surface area (Å²) in [6.07, 6.45) is 3.92. The van der Waals surface area contributed by atoms with E-state index in [2.05, 4.69) is 17.6 Å². The molecule has 1 rings (SSSR count). The first kappa shape index (κ1) is 32.6. The molecule has 0 aliphatic rings. The summed E-state index contributed by atoms with van der Waals surface area (Å²) in [6.45, 7) is 15.1. The summed E-state index contributed by atoms with van der Waals surface area (Å²) < 4.78 is 5.44. The van der Waals surface area contributed by atoms with Crippen LogP contribution in [-0.2, 0) is 14.3 Å². The highest BCUT2D eigenvalue weighted by molar-refractivity contribution is 7.98. The molecule has 3 unspecified atom stereocenters. The Labute approximate surface area is 227 Å². The fraction of sp³-hybridized carbons (Fsp3) is 0.679. The molecule has 0 fully saturated rings. The normalized spacial score (nSPS) is 14.3. The van der Waals surface area contributed by atoms with Gasteiger partial charge in [-0.05, 0) is 90.5 Å². The number of ether oxygens (including phenoxy) is 1. The van der Waals surface area contributed by atoms with Gasteiger partial charge in [-0.25, -0.2) is 4.79 Å². The molecule has 3 atom stereocenters. The number of hydrogen-bond donors (Lipinski definition) is 3. The molecular weight excluding hydrogens is 490 g/mol. The van der Waals surface area contributed by atoms with Gasteiger partial charge in [0, 0.05) is 11.6 Å². The largest absolute Gasteiger partial charge is 0.508 e. The maximum absolute atomic E-state index is 14.3. The molecule has 8 nitrogen and oxygen atoms in total. The molecule has 1 aromatic carbocycles. The first-order chi connectivity index (χ1) is 17.2. The zero-order valence-corrected chi connectivity index (χ0v) is 24.8. The Kier molecular flexibility index (Phi) is 12.8. The van der Waals surface area contributed by atoms with Crippen molar-refractivity contribution in [3.05, 3.63) is 29.8 Å². The molecule has 0 aliphatic heterocycles. The first-order valence-electron chi connectivity index (χ1n) is 13.1. The summed E-state index contributed by atoms with van der Waals surface area (Å²) in [4.78, 5) is 42.3. The lowest BCUT2D eigenvalue weighted by Gasteiger charge is -2.45. The van der Waals surface area contributed by atoms with Gasteiger partial charge in [-0.3, -0.25) is 9.59 Å². The zero-order chi connectivity index (χ0) is 28.4. The van der Waals surface area contributed by atoms with Crippen molar-refractivity contribution in [3.63, 3.8) is 0 Å². The average Bonchev–Trinajstić information content (AvgIpc) is 2.79. The number of hydrogen-bond acceptors (Lipinski definition) is 6. The lowest BCUT2D eigenvalue weighted by atomic mass is 9.91. The Bertz CT molecular complexity index is 883. The van der Waals surface area contributed by atoms with Crippen LogP contribution in [0.25, 0.3) is 0 Å². The van der Waals surface area contributed by atoms with E-state index in [1.807, 2.05) is 34.0 Å². The summed E-state index contributed by atoms with van der Waals surface area (Å²) >= 11 is 1.57. The van der Waals surface area contributed by atoms with E-state index < -0.39 is 29.3 Å². The molecule has 0 spiro atoms. The molecular formula is C28H47N3O5S. The predicted molar refractivity (Wildman–Crippen MR) is 151 cm³/mol. The van der Waals surface area contributed by atoms with Crippen LogP contribution in [0.3, 0.4) is 0 Å². The van der Waals surface area contributed by atoms with Gasteiger partial charge in [-0.2, -0.15) is 11.8 Å². The van der Waals surface area contributed by atoms with E-state index in [1.54, 1.807) is 49.6 Å². The molecule has 3 N–H and O–H groups in total. The number of rotatable bonds is 13. The fourth-order valence-electron chi connectivity index (χ4n) is 3.96. The Morgan fingerprint density at radius 3 is 2.11 bits per heavy atom. The number of nitrogens with zero attached hydrogens (tertiary/aromatic N) is 1. The molecule has 0 saturated carbocycles. The number of amides is 3. The highest BCUT2D eigenvalue weighted by Gasteiger charge is 2.43. The lowest BCUT2D eigenvalue weighted by Crippen LogP contribution is -2.59. The van der Waals surface area contributed by atoms with Gasteiger partial charge in [-0.1, -0.05) is 32.4 Å². The van der Waals surface area contributed by atoms with Crippen LogP contribution in [0.15, 0.2) is 24.3 Å². The van der Waals surface area contributed by atoms with E-state index in [9.17, 15) is 19.5 Å². The van der Waals surface area contributed by atoms with Crippen molar-refractivity contribution in [1.29, 1.82) is 0 Å². The third-order valence-electron chi connectivity index (χ3n) is 6.18. The number of thioether (sulfide) groups is 1. The minimum absolute atomic E-state index is 0.0688. The molecule has 0 saturated heterocycles. The summed E-state index contributed by atoms with van der Waals surface area (Å²) in [7, 11) is 0. The highest BCUT2D eigenvalue weighted by atomic mass is 32.2. The minimum atomic E-state index is -0.959. The van der Waals surface area contributed by atoms with Crippen molar-refractivity contribution in [2.75, 3.05) is 12.0 Å². The molecule has 1 aromatic rings. The van der Waals surface area contributed by atoms with E-state index in [0.717, 1.165) is 12.8 Å². The van der Waals surface area contributed by atoms with Crippen LogP contribution in [0.4, 0.5) is 4.79 Å². The number of benzene rings is 1. The van der Waals surface area contributed by atoms with E-state index in [0.29, 0.717) is 24.2 Å². The molecule has 0 aliphatic carbocycles. The molecule has 0 heterocycles. The van der Waals surface area contributed by atoms with Gasteiger partial charge in [0.2, 0.25) is 11.8 Å². The second-order valence-corrected chi connectivity index (χ2v) is 12.0. The van der Waals surface area contributed by atoms with Crippen molar-refractivity contribution in [2.45, 2.75) is 110 Å². The number of carbonyl (C=O) groups excluding carboxylic acids is 3. The SMILES string of the molecule is CCCC(C)NC(=O)C(c1ccc(O)cc1)N(C(=O)C(CCSC)NC(=O)OC(C)(C)C)C(C)(C)CC. The van der Waals surface area contributed by atoms with Crippen LogP contribution in [0.5, 0.6) is 5.75 Å². The zero-order valence-electron chi connectivity index (χ0n) is 24.0. The van der Waals surface area contributed by atoms with Gasteiger partial charge < -0.3 is 25.4 Å². The number of nitrogens with one attached hydrogen (secondary N) is 2. The van der Waals surface area contributed by atoms with Gasteiger partial charge in [0.15, 0.2) is 0 Å². The number of alkyl carbamates (subject to hydrolysis) is 1. The summed E-state index contributed by atoms with van der Waals surface area (Å²) in [5, 5.41) is 15.7. The van der Waals surface area contributed by atoms with E-state index in [1.165, 1.54) is 12.1 Å². The summed E-state index contributed by atoms with van der Waals surface area (Å²) in [6, 6.07) is 4.43. The number of aromatic hydroxyl groups is 1. The Morgan fingerprint density at radius 2 is 1.62 bits per heavy atom. The first-order valence-corrected chi connectivity index (χ1v) is 14.5. The third-order valence-corrected chi connectivity index (χ3v) is 6.82. The molecule has 0 aromatic heterocycles. The highest BCUT2D eigenvalue weighted by Crippen LogP contribution is 2.33. The van der Waals surface area contributed by atoms with Crippen LogP contribution in [-0.4, -0.2) is 63.1 Å². The van der Waals surface area contributed by atoms with Gasteiger partial charge in [0.1, 0.15) is 23.4 Å². The maximum Gasteiger partial charge on any atom is 0.408 e. The van der Waals surface area contributed by atoms with Crippen molar-refractivity contribution < 1.29 is 24.2 Å². The van der Waals surface area contributed by atoms with Crippen LogP contribution in [0, 0.1) is 0 Å². The number of carbonyl (C=O) groups is 3. The summed E-state index contributed by atoms with van der Waals surface area (Å²) in [5.74, 6) is 0.0424. The van der Waals surface area contributed by atoms with E-state index in [-0.39, 0.29) is 23.6 Å². The molecule has 0 radical (unpaired) electrons. The lowest BCUT2D eigenvalue weighted by molar-refractivity contribution is -0.149. The third kappa shape index (κ3) is 10.5. The van der Waals surface area contributed by atoms with Gasteiger partial charge in [0.05, 0.1) is 0 Å². The second kappa shape index (κ2) is 14.5. The van der Waals surface area contributed by atoms with E-state index >= 15 is 0 Å². The van der Waals surface area contributed by atoms with Gasteiger partial charge >= 0.3 is 6.09 Å². The fourth-order valence-corrected chi connectivity index (χ4v) is 4.43. The van der Waals surface area contributed by atoms with Crippen LogP contribution in [0.1, 0.15) is 92.7 Å². The molecule has 0 bridgehead atoms. The van der Waals surface area contributed by atoms with Crippen molar-refractivity contribution in [2.24, 2.45) is 0 Å². The van der Waals surface area contributed by atoms with Gasteiger partial charge in [0.25, 0.3) is 0 Å². The van der Waals surface area contributed by atoms with Crippen LogP contribution < -0.4 is 10.6 Å². The second-order valence-electron chi connectivity index (χ2n) is 11.0. The topological polar surface area (TPSA) is 108 Å². The molecule has 9 heteroatoms. The monoisotopic (exact) mass is 537 g/mol. The smallest absolute Gasteiger partial charge is 0.408 e. The predicted octanol–water partition coefficient (Wildman–Crippen LogP) is 5.40. The minimum Gasteiger partial charge on any atom is -0.508 e. The van der Waals surface area contributed by atoms with Crippen molar-refractivity contribution in [1.82, 2.24) is 15.5 Å². The van der Waals surface area contributed by atoms with Crippen LogP contribution in [0.2, 0.25) is 0 Å². The molecule has 3 amide bonds. The van der Waals surface area contributed by atoms with Gasteiger partial charge in [-0.15, -0.1) is 0 Å². The van der Waals surface area contributed by atoms with Crippen molar-refractivity contribution in [3.8, 4) is 5.75 Å². The number of phenols is 1. The maximum atomic E-state index is 14.3. The van der Waals surface area contributed by atoms with Crippen molar-refractivity contribution >= 4 is 29.7 Å².